The molecular weight excluding hydrogens is 322 g/mol. The van der Waals surface area contributed by atoms with Crippen LogP contribution in [0.25, 0.3) is 0 Å². The molecule has 2 rings (SSSR count). The van der Waals surface area contributed by atoms with Crippen LogP contribution in [-0.2, 0) is 14.8 Å². The number of hydrogen-bond donors (Lipinski definition) is 0. The largest absolute Gasteiger partial charge is 0.273 e. The van der Waals surface area contributed by atoms with E-state index in [9.17, 15) is 13.2 Å². The van der Waals surface area contributed by atoms with E-state index < -0.39 is 15.9 Å². The van der Waals surface area contributed by atoms with E-state index in [1.165, 1.54) is 0 Å². The second kappa shape index (κ2) is 7.18. The van der Waals surface area contributed by atoms with Gasteiger partial charge in [0, 0.05) is 6.42 Å². The predicted molar refractivity (Wildman–Crippen MR) is 96.7 cm³/mol. The summed E-state index contributed by atoms with van der Waals surface area (Å²) in [5, 5.41) is 0. The van der Waals surface area contributed by atoms with Crippen molar-refractivity contribution in [1.82, 2.24) is 0 Å². The van der Waals surface area contributed by atoms with Gasteiger partial charge in [-0.2, -0.15) is 0 Å². The van der Waals surface area contributed by atoms with Crippen molar-refractivity contribution in [2.24, 2.45) is 0 Å². The van der Waals surface area contributed by atoms with Crippen molar-refractivity contribution in [3.8, 4) is 0 Å². The van der Waals surface area contributed by atoms with E-state index in [4.69, 9.17) is 0 Å². The molecule has 2 aromatic rings. The molecule has 0 N–H and O–H groups in total. The molecule has 0 heterocycles. The Balaban J connectivity index is 2.64. The van der Waals surface area contributed by atoms with Crippen molar-refractivity contribution in [2.45, 2.75) is 45.4 Å². The van der Waals surface area contributed by atoms with Crippen LogP contribution in [0.1, 0.15) is 36.5 Å². The molecule has 0 spiro atoms. The SMILES string of the molecule is CCCC(=O)N(c1cccc(C)c1C)S(=O)(=O)c1ccc(C)cc1. The topological polar surface area (TPSA) is 54.5 Å². The lowest BCUT2D eigenvalue weighted by molar-refractivity contribution is -0.117. The molecule has 5 heteroatoms. The lowest BCUT2D eigenvalue weighted by Crippen LogP contribution is -2.37. The Hall–Kier alpha value is -2.14. The number of carbonyl (C=O) groups excluding carboxylic acids is 1. The summed E-state index contributed by atoms with van der Waals surface area (Å²) in [7, 11) is -3.95. The van der Waals surface area contributed by atoms with Crippen molar-refractivity contribution in [1.29, 1.82) is 0 Å². The molecule has 0 atom stereocenters. The van der Waals surface area contributed by atoms with Gasteiger partial charge in [-0.15, -0.1) is 0 Å². The highest BCUT2D eigenvalue weighted by atomic mass is 32.2. The minimum absolute atomic E-state index is 0.124. The summed E-state index contributed by atoms with van der Waals surface area (Å²) < 4.78 is 27.2. The standard InChI is InChI=1S/C19H23NO3S/c1-5-7-19(21)20(18-9-6-8-15(3)16(18)4)24(22,23)17-12-10-14(2)11-13-17/h6,8-13H,5,7H2,1-4H3. The highest BCUT2D eigenvalue weighted by Gasteiger charge is 2.31. The Morgan fingerprint density at radius 2 is 1.62 bits per heavy atom. The van der Waals surface area contributed by atoms with Crippen LogP contribution in [0.2, 0.25) is 0 Å². The Labute approximate surface area is 144 Å². The fourth-order valence-electron chi connectivity index (χ4n) is 2.48. The summed E-state index contributed by atoms with van der Waals surface area (Å²) in [6.07, 6.45) is 0.766. The van der Waals surface area contributed by atoms with Crippen LogP contribution in [-0.4, -0.2) is 14.3 Å². The summed E-state index contributed by atoms with van der Waals surface area (Å²) in [4.78, 5) is 12.8. The Morgan fingerprint density at radius 3 is 2.21 bits per heavy atom. The van der Waals surface area contributed by atoms with Gasteiger partial charge in [-0.05, 0) is 56.5 Å². The van der Waals surface area contributed by atoms with E-state index in [2.05, 4.69) is 0 Å². The fourth-order valence-corrected chi connectivity index (χ4v) is 3.99. The van der Waals surface area contributed by atoms with Gasteiger partial charge >= 0.3 is 0 Å². The van der Waals surface area contributed by atoms with Gasteiger partial charge in [-0.25, -0.2) is 12.7 Å². The lowest BCUT2D eigenvalue weighted by Gasteiger charge is -2.25. The molecule has 0 aliphatic heterocycles. The third kappa shape index (κ3) is 3.51. The van der Waals surface area contributed by atoms with E-state index in [1.54, 1.807) is 36.4 Å². The van der Waals surface area contributed by atoms with E-state index in [0.29, 0.717) is 12.1 Å². The normalized spacial score (nSPS) is 11.3. The third-order valence-corrected chi connectivity index (χ3v) is 5.79. The van der Waals surface area contributed by atoms with Crippen molar-refractivity contribution < 1.29 is 13.2 Å². The average molecular weight is 345 g/mol. The van der Waals surface area contributed by atoms with E-state index in [-0.39, 0.29) is 11.3 Å². The molecule has 0 aliphatic carbocycles. The number of hydrogen-bond acceptors (Lipinski definition) is 3. The van der Waals surface area contributed by atoms with Crippen LogP contribution in [0, 0.1) is 20.8 Å². The average Bonchev–Trinajstić information content (AvgIpc) is 2.52. The van der Waals surface area contributed by atoms with Gasteiger partial charge in [0.05, 0.1) is 10.6 Å². The molecule has 0 saturated heterocycles. The van der Waals surface area contributed by atoms with Crippen LogP contribution < -0.4 is 4.31 Å². The molecule has 0 fully saturated rings. The lowest BCUT2D eigenvalue weighted by atomic mass is 10.1. The summed E-state index contributed by atoms with van der Waals surface area (Å²) in [6.45, 7) is 7.49. The molecule has 0 unspecified atom stereocenters. The molecule has 0 radical (unpaired) electrons. The van der Waals surface area contributed by atoms with Crippen LogP contribution >= 0.6 is 0 Å². The first-order chi connectivity index (χ1) is 11.3. The molecule has 4 nitrogen and oxygen atoms in total. The zero-order valence-electron chi connectivity index (χ0n) is 14.5. The smallest absolute Gasteiger partial charge is 0.270 e. The minimum atomic E-state index is -3.95. The first-order valence-corrected chi connectivity index (χ1v) is 9.44. The van der Waals surface area contributed by atoms with Crippen molar-refractivity contribution in [3.63, 3.8) is 0 Å². The second-order valence-corrected chi connectivity index (χ2v) is 7.73. The number of sulfonamides is 1. The van der Waals surface area contributed by atoms with Gasteiger partial charge in [0.1, 0.15) is 0 Å². The van der Waals surface area contributed by atoms with Gasteiger partial charge in [0.2, 0.25) is 5.91 Å². The molecule has 24 heavy (non-hydrogen) atoms. The highest BCUT2D eigenvalue weighted by Crippen LogP contribution is 2.29. The molecule has 0 aromatic heterocycles. The Bertz CT molecular complexity index is 839. The Kier molecular flexibility index (Phi) is 5.44. The van der Waals surface area contributed by atoms with Gasteiger partial charge in [-0.3, -0.25) is 4.79 Å². The maximum Gasteiger partial charge on any atom is 0.270 e. The minimum Gasteiger partial charge on any atom is -0.273 e. The first-order valence-electron chi connectivity index (χ1n) is 8.00. The number of aryl methyl sites for hydroxylation is 2. The fraction of sp³-hybridized carbons (Fsp3) is 0.316. The maximum atomic E-state index is 13.1. The second-order valence-electron chi connectivity index (χ2n) is 5.95. The van der Waals surface area contributed by atoms with Crippen LogP contribution in [0.3, 0.4) is 0 Å². The summed E-state index contributed by atoms with van der Waals surface area (Å²) in [5.74, 6) is -0.410. The van der Waals surface area contributed by atoms with Gasteiger partial charge < -0.3 is 0 Å². The summed E-state index contributed by atoms with van der Waals surface area (Å²) in [6, 6.07) is 11.9. The number of carbonyl (C=O) groups is 1. The van der Waals surface area contributed by atoms with E-state index in [0.717, 1.165) is 21.0 Å². The molecule has 0 bridgehead atoms. The Morgan fingerprint density at radius 1 is 1.00 bits per heavy atom. The maximum absolute atomic E-state index is 13.1. The molecule has 128 valence electrons. The summed E-state index contributed by atoms with van der Waals surface area (Å²) >= 11 is 0. The van der Waals surface area contributed by atoms with Gasteiger partial charge in [0.15, 0.2) is 0 Å². The van der Waals surface area contributed by atoms with Crippen molar-refractivity contribution in [3.05, 3.63) is 59.2 Å². The first kappa shape index (κ1) is 18.2. The zero-order chi connectivity index (χ0) is 17.9. The molecule has 0 saturated carbocycles. The number of nitrogens with zero attached hydrogens (tertiary/aromatic N) is 1. The molecule has 2 aromatic carbocycles. The predicted octanol–water partition coefficient (Wildman–Crippen LogP) is 4.13. The highest BCUT2D eigenvalue weighted by molar-refractivity contribution is 7.93. The van der Waals surface area contributed by atoms with Crippen LogP contribution in [0.4, 0.5) is 5.69 Å². The van der Waals surface area contributed by atoms with E-state index >= 15 is 0 Å². The number of benzene rings is 2. The number of anilines is 1. The monoisotopic (exact) mass is 345 g/mol. The van der Waals surface area contributed by atoms with Crippen LogP contribution in [0.15, 0.2) is 47.4 Å². The summed E-state index contributed by atoms with van der Waals surface area (Å²) in [5.41, 5.74) is 3.12. The number of rotatable bonds is 5. The zero-order valence-corrected chi connectivity index (χ0v) is 15.4. The van der Waals surface area contributed by atoms with Gasteiger partial charge in [-0.1, -0.05) is 36.8 Å². The van der Waals surface area contributed by atoms with Crippen LogP contribution in [0.5, 0.6) is 0 Å². The molecule has 0 aliphatic rings. The quantitative estimate of drug-likeness (QED) is 0.818. The van der Waals surface area contributed by atoms with Crippen molar-refractivity contribution >= 4 is 21.6 Å². The molecular formula is C19H23NO3S. The van der Waals surface area contributed by atoms with Gasteiger partial charge in [0.25, 0.3) is 10.0 Å². The number of amides is 1. The third-order valence-electron chi connectivity index (χ3n) is 4.04. The van der Waals surface area contributed by atoms with Crippen molar-refractivity contribution in [2.75, 3.05) is 4.31 Å². The molecule has 1 amide bonds. The van der Waals surface area contributed by atoms with E-state index in [1.807, 2.05) is 33.8 Å².